The van der Waals surface area contributed by atoms with Crippen LogP contribution in [0.25, 0.3) is 0 Å². The summed E-state index contributed by atoms with van der Waals surface area (Å²) in [6.07, 6.45) is 0.659. The number of hydrogen-bond donors (Lipinski definition) is 0. The van der Waals surface area contributed by atoms with Gasteiger partial charge in [-0.15, -0.1) is 0 Å². The molecule has 1 aromatic rings. The minimum atomic E-state index is -1.66. The molecular formula is C17H27NO2Si. The van der Waals surface area contributed by atoms with Crippen LogP contribution in [0.15, 0.2) is 35.5 Å². The molecule has 0 saturated carbocycles. The topological polar surface area (TPSA) is 30.8 Å². The molecule has 1 aromatic carbocycles. The standard InChI is InChI=1S/C17H27NO2Si/c1-17(2,3)14-12-15(13-10-8-7-9-11-13)18-19-16(14)20-21(4,5)6/h7-11,14,16H,12H2,1-6H3/t14-,16+/m1/s1. The van der Waals surface area contributed by atoms with Gasteiger partial charge >= 0.3 is 0 Å². The Kier molecular flexibility index (Phi) is 4.59. The number of hydrogen-bond acceptors (Lipinski definition) is 3. The third kappa shape index (κ3) is 4.42. The van der Waals surface area contributed by atoms with Gasteiger partial charge in [-0.05, 0) is 30.6 Å². The minimum absolute atomic E-state index is 0.111. The largest absolute Gasteiger partial charge is 0.382 e. The van der Waals surface area contributed by atoms with Crippen molar-refractivity contribution in [1.29, 1.82) is 0 Å². The van der Waals surface area contributed by atoms with E-state index in [0.29, 0.717) is 5.92 Å². The summed E-state index contributed by atoms with van der Waals surface area (Å²) in [6.45, 7) is 13.3. The third-order valence-corrected chi connectivity index (χ3v) is 4.64. The Balaban J connectivity index is 2.25. The van der Waals surface area contributed by atoms with E-state index in [1.54, 1.807) is 0 Å². The summed E-state index contributed by atoms with van der Waals surface area (Å²) in [6, 6.07) is 10.3. The van der Waals surface area contributed by atoms with Crippen LogP contribution in [-0.4, -0.2) is 20.3 Å². The second kappa shape index (κ2) is 5.93. The minimum Gasteiger partial charge on any atom is -0.382 e. The van der Waals surface area contributed by atoms with Crippen molar-refractivity contribution in [3.63, 3.8) is 0 Å². The lowest BCUT2D eigenvalue weighted by Crippen LogP contribution is -2.45. The van der Waals surface area contributed by atoms with E-state index in [9.17, 15) is 0 Å². The summed E-state index contributed by atoms with van der Waals surface area (Å²) < 4.78 is 6.21. The molecule has 0 spiro atoms. The highest BCUT2D eigenvalue weighted by atomic mass is 28.4. The van der Waals surface area contributed by atoms with Crippen molar-refractivity contribution < 1.29 is 9.26 Å². The normalized spacial score (nSPS) is 23.4. The van der Waals surface area contributed by atoms with Gasteiger partial charge in [-0.2, -0.15) is 0 Å². The van der Waals surface area contributed by atoms with Gasteiger partial charge in [-0.25, -0.2) is 0 Å². The van der Waals surface area contributed by atoms with Crippen LogP contribution >= 0.6 is 0 Å². The lowest BCUT2D eigenvalue weighted by molar-refractivity contribution is -0.151. The van der Waals surface area contributed by atoms with E-state index in [4.69, 9.17) is 9.26 Å². The maximum absolute atomic E-state index is 6.21. The predicted octanol–water partition coefficient (Wildman–Crippen LogP) is 4.65. The molecule has 116 valence electrons. The van der Waals surface area contributed by atoms with Crippen LogP contribution in [0.1, 0.15) is 32.8 Å². The molecule has 0 bridgehead atoms. The van der Waals surface area contributed by atoms with E-state index < -0.39 is 8.32 Å². The molecule has 0 aliphatic carbocycles. The highest BCUT2D eigenvalue weighted by Gasteiger charge is 2.40. The van der Waals surface area contributed by atoms with Crippen molar-refractivity contribution in [2.75, 3.05) is 0 Å². The maximum atomic E-state index is 6.21. The Labute approximate surface area is 129 Å². The van der Waals surface area contributed by atoms with E-state index in [1.807, 2.05) is 18.2 Å². The van der Waals surface area contributed by atoms with Crippen LogP contribution in [0.3, 0.4) is 0 Å². The molecule has 1 heterocycles. The molecule has 2 atom stereocenters. The molecule has 21 heavy (non-hydrogen) atoms. The van der Waals surface area contributed by atoms with Crippen LogP contribution in [0.5, 0.6) is 0 Å². The van der Waals surface area contributed by atoms with Gasteiger partial charge in [0.25, 0.3) is 0 Å². The number of rotatable bonds is 3. The van der Waals surface area contributed by atoms with Gasteiger partial charge in [0, 0.05) is 12.3 Å². The zero-order valence-electron chi connectivity index (χ0n) is 14.0. The summed E-state index contributed by atoms with van der Waals surface area (Å²) in [4.78, 5) is 5.76. The summed E-state index contributed by atoms with van der Waals surface area (Å²) in [5.74, 6) is 0.303. The number of oxime groups is 1. The van der Waals surface area contributed by atoms with Gasteiger partial charge < -0.3 is 9.26 Å². The summed E-state index contributed by atoms with van der Waals surface area (Å²) >= 11 is 0. The molecule has 0 radical (unpaired) electrons. The first kappa shape index (κ1) is 16.2. The fourth-order valence-electron chi connectivity index (χ4n) is 2.50. The molecular weight excluding hydrogens is 278 g/mol. The second-order valence-electron chi connectivity index (χ2n) is 7.78. The van der Waals surface area contributed by atoms with Crippen LogP contribution in [0.4, 0.5) is 0 Å². The lowest BCUT2D eigenvalue weighted by atomic mass is 9.76. The smallest absolute Gasteiger partial charge is 0.221 e. The quantitative estimate of drug-likeness (QED) is 0.761. The van der Waals surface area contributed by atoms with Gasteiger partial charge in [0.15, 0.2) is 8.32 Å². The Morgan fingerprint density at radius 2 is 1.76 bits per heavy atom. The molecule has 0 fully saturated rings. The molecule has 1 aliphatic rings. The molecule has 0 N–H and O–H groups in total. The van der Waals surface area contributed by atoms with Crippen LogP contribution < -0.4 is 0 Å². The molecule has 0 amide bonds. The number of nitrogens with zero attached hydrogens (tertiary/aromatic N) is 1. The zero-order chi connectivity index (χ0) is 15.7. The molecule has 0 unspecified atom stereocenters. The van der Waals surface area contributed by atoms with E-state index >= 15 is 0 Å². The van der Waals surface area contributed by atoms with Gasteiger partial charge in [-0.1, -0.05) is 56.3 Å². The summed E-state index contributed by atoms with van der Waals surface area (Å²) in [7, 11) is -1.66. The molecule has 0 aromatic heterocycles. The molecule has 2 rings (SSSR count). The first-order valence-corrected chi connectivity index (χ1v) is 11.0. The van der Waals surface area contributed by atoms with Crippen molar-refractivity contribution in [1.82, 2.24) is 0 Å². The fraction of sp³-hybridized carbons (Fsp3) is 0.588. The first-order chi connectivity index (χ1) is 9.67. The Hall–Kier alpha value is -1.13. The van der Waals surface area contributed by atoms with Crippen molar-refractivity contribution >= 4 is 14.0 Å². The van der Waals surface area contributed by atoms with Gasteiger partial charge in [0.1, 0.15) is 0 Å². The summed E-state index contributed by atoms with van der Waals surface area (Å²) in [5, 5.41) is 4.34. The second-order valence-corrected chi connectivity index (χ2v) is 12.2. The number of benzene rings is 1. The van der Waals surface area contributed by atoms with Crippen LogP contribution in [-0.2, 0) is 9.26 Å². The first-order valence-electron chi connectivity index (χ1n) is 7.63. The maximum Gasteiger partial charge on any atom is 0.221 e. The van der Waals surface area contributed by atoms with Crippen molar-refractivity contribution in [2.45, 2.75) is 53.1 Å². The average Bonchev–Trinajstić information content (AvgIpc) is 2.37. The van der Waals surface area contributed by atoms with E-state index in [-0.39, 0.29) is 11.7 Å². The van der Waals surface area contributed by atoms with E-state index in [1.165, 1.54) is 0 Å². The van der Waals surface area contributed by atoms with Crippen LogP contribution in [0, 0.1) is 11.3 Å². The van der Waals surface area contributed by atoms with E-state index in [2.05, 4.69) is 57.7 Å². The van der Waals surface area contributed by atoms with Crippen LogP contribution in [0.2, 0.25) is 19.6 Å². The lowest BCUT2D eigenvalue weighted by Gasteiger charge is -2.40. The predicted molar refractivity (Wildman–Crippen MR) is 89.8 cm³/mol. The Morgan fingerprint density at radius 3 is 2.29 bits per heavy atom. The van der Waals surface area contributed by atoms with Gasteiger partial charge in [0.05, 0.1) is 5.71 Å². The highest BCUT2D eigenvalue weighted by Crippen LogP contribution is 2.38. The molecule has 3 nitrogen and oxygen atoms in total. The van der Waals surface area contributed by atoms with Crippen molar-refractivity contribution in [2.24, 2.45) is 16.5 Å². The highest BCUT2D eigenvalue weighted by molar-refractivity contribution is 6.69. The Morgan fingerprint density at radius 1 is 1.14 bits per heavy atom. The Bertz CT molecular complexity index is 500. The zero-order valence-corrected chi connectivity index (χ0v) is 15.0. The monoisotopic (exact) mass is 305 g/mol. The average molecular weight is 305 g/mol. The van der Waals surface area contributed by atoms with Gasteiger partial charge in [0.2, 0.25) is 6.29 Å². The summed E-state index contributed by atoms with van der Waals surface area (Å²) in [5.41, 5.74) is 2.27. The fourth-order valence-corrected chi connectivity index (χ4v) is 3.40. The van der Waals surface area contributed by atoms with E-state index in [0.717, 1.165) is 17.7 Å². The van der Waals surface area contributed by atoms with Gasteiger partial charge in [-0.3, -0.25) is 0 Å². The van der Waals surface area contributed by atoms with Crippen molar-refractivity contribution in [3.05, 3.63) is 35.9 Å². The van der Waals surface area contributed by atoms with Crippen molar-refractivity contribution in [3.8, 4) is 0 Å². The third-order valence-electron chi connectivity index (χ3n) is 3.70. The molecule has 4 heteroatoms. The molecule has 0 saturated heterocycles. The molecule has 1 aliphatic heterocycles. The SMILES string of the molecule is CC(C)(C)[C@@H]1CC(c2ccccc2)=NO[C@H]1O[Si](C)(C)C.